The minimum atomic E-state index is 1.15. The summed E-state index contributed by atoms with van der Waals surface area (Å²) in [4.78, 5) is 0. The van der Waals surface area contributed by atoms with Crippen LogP contribution in [0.5, 0.6) is 0 Å². The van der Waals surface area contributed by atoms with Gasteiger partial charge < -0.3 is 4.57 Å². The van der Waals surface area contributed by atoms with Crippen LogP contribution in [-0.2, 0) is 0 Å². The third kappa shape index (κ3) is 5.40. The molecule has 10 aromatic carbocycles. The Labute approximate surface area is 320 Å². The summed E-state index contributed by atoms with van der Waals surface area (Å²) in [6, 6.07) is 77.9. The van der Waals surface area contributed by atoms with E-state index in [2.05, 4.69) is 217 Å². The van der Waals surface area contributed by atoms with Gasteiger partial charge in [0.05, 0.1) is 11.0 Å². The second-order valence-corrected chi connectivity index (χ2v) is 14.6. The summed E-state index contributed by atoms with van der Waals surface area (Å²) in [5, 5.41) is 10.1. The summed E-state index contributed by atoms with van der Waals surface area (Å²) in [6.45, 7) is 0. The van der Waals surface area contributed by atoms with Crippen molar-refractivity contribution < 1.29 is 0 Å². The van der Waals surface area contributed by atoms with Crippen LogP contribution < -0.4 is 0 Å². The van der Waals surface area contributed by atoms with Crippen molar-refractivity contribution in [3.8, 4) is 50.2 Å². The first kappa shape index (κ1) is 31.3. The van der Waals surface area contributed by atoms with Gasteiger partial charge in [-0.25, -0.2) is 0 Å². The van der Waals surface area contributed by atoms with Crippen molar-refractivity contribution in [2.75, 3.05) is 0 Å². The molecular formula is C54H35N. The highest BCUT2D eigenvalue weighted by Gasteiger charge is 2.16. The molecule has 0 radical (unpaired) electrons. The predicted octanol–water partition coefficient (Wildman–Crippen LogP) is 14.9. The van der Waals surface area contributed by atoms with Crippen molar-refractivity contribution in [2.45, 2.75) is 0 Å². The van der Waals surface area contributed by atoms with E-state index in [1.165, 1.54) is 98.6 Å². The Bertz CT molecular complexity index is 3230. The normalized spacial score (nSPS) is 11.6. The van der Waals surface area contributed by atoms with Gasteiger partial charge in [-0.15, -0.1) is 0 Å². The average molecular weight is 698 g/mol. The van der Waals surface area contributed by atoms with Gasteiger partial charge in [0.2, 0.25) is 0 Å². The fourth-order valence-corrected chi connectivity index (χ4v) is 8.52. The van der Waals surface area contributed by atoms with E-state index in [1.807, 2.05) is 0 Å². The summed E-state index contributed by atoms with van der Waals surface area (Å²) in [5.74, 6) is 0. The first-order valence-electron chi connectivity index (χ1n) is 19.0. The molecule has 0 amide bonds. The molecule has 0 aliphatic rings. The molecular weight excluding hydrogens is 663 g/mol. The molecule has 0 bridgehead atoms. The Morgan fingerprint density at radius 2 is 0.655 bits per heavy atom. The van der Waals surface area contributed by atoms with Crippen LogP contribution in [0, 0.1) is 0 Å². The van der Waals surface area contributed by atoms with Crippen molar-refractivity contribution in [2.24, 2.45) is 0 Å². The van der Waals surface area contributed by atoms with Gasteiger partial charge in [-0.2, -0.15) is 0 Å². The van der Waals surface area contributed by atoms with Gasteiger partial charge in [0, 0.05) is 16.5 Å². The molecule has 0 saturated carbocycles. The summed E-state index contributed by atoms with van der Waals surface area (Å²) in [6.07, 6.45) is 0. The van der Waals surface area contributed by atoms with Gasteiger partial charge in [0.1, 0.15) is 0 Å². The largest absolute Gasteiger partial charge is 0.309 e. The van der Waals surface area contributed by atoms with Crippen LogP contribution in [0.25, 0.3) is 104 Å². The Hall–Kier alpha value is -7.22. The maximum Gasteiger partial charge on any atom is 0.0541 e. The van der Waals surface area contributed by atoms with Gasteiger partial charge in [0.15, 0.2) is 0 Å². The zero-order chi connectivity index (χ0) is 36.3. The molecule has 0 atom stereocenters. The smallest absolute Gasteiger partial charge is 0.0541 e. The predicted molar refractivity (Wildman–Crippen MR) is 235 cm³/mol. The van der Waals surface area contributed by atoms with Gasteiger partial charge in [-0.1, -0.05) is 164 Å². The lowest BCUT2D eigenvalue weighted by atomic mass is 9.97. The lowest BCUT2D eigenvalue weighted by Crippen LogP contribution is -1.94. The molecule has 256 valence electrons. The maximum absolute atomic E-state index is 2.42. The molecule has 0 spiro atoms. The van der Waals surface area contributed by atoms with Crippen LogP contribution >= 0.6 is 0 Å². The van der Waals surface area contributed by atoms with Gasteiger partial charge in [-0.05, 0) is 125 Å². The summed E-state index contributed by atoms with van der Waals surface area (Å²) < 4.78 is 2.42. The number of rotatable bonds is 5. The highest BCUT2D eigenvalue weighted by atomic mass is 15.0. The minimum absolute atomic E-state index is 1.15. The summed E-state index contributed by atoms with van der Waals surface area (Å²) >= 11 is 0. The fourth-order valence-electron chi connectivity index (χ4n) is 8.52. The molecule has 1 heteroatoms. The van der Waals surface area contributed by atoms with E-state index in [4.69, 9.17) is 0 Å². The number of hydrogen-bond acceptors (Lipinski definition) is 0. The van der Waals surface area contributed by atoms with Crippen LogP contribution in [0.1, 0.15) is 0 Å². The third-order valence-electron chi connectivity index (χ3n) is 11.4. The number of nitrogens with zero attached hydrogens (tertiary/aromatic N) is 1. The highest BCUT2D eigenvalue weighted by Crippen LogP contribution is 2.39. The van der Waals surface area contributed by atoms with E-state index in [9.17, 15) is 0 Å². The Morgan fingerprint density at radius 1 is 0.236 bits per heavy atom. The molecule has 55 heavy (non-hydrogen) atoms. The van der Waals surface area contributed by atoms with Crippen LogP contribution in [-0.4, -0.2) is 4.57 Å². The number of benzene rings is 10. The van der Waals surface area contributed by atoms with E-state index in [1.54, 1.807) is 0 Å². The molecule has 1 nitrogen and oxygen atoms in total. The van der Waals surface area contributed by atoms with Gasteiger partial charge in [-0.3, -0.25) is 0 Å². The average Bonchev–Trinajstić information content (AvgIpc) is 3.59. The van der Waals surface area contributed by atoms with Crippen molar-refractivity contribution >= 4 is 54.1 Å². The zero-order valence-corrected chi connectivity index (χ0v) is 30.2. The molecule has 0 aliphatic carbocycles. The molecule has 0 aliphatic heterocycles. The first-order chi connectivity index (χ1) is 27.2. The number of fused-ring (bicyclic) bond motifs is 6. The Balaban J connectivity index is 1.04. The lowest BCUT2D eigenvalue weighted by molar-refractivity contribution is 1.18. The number of aromatic nitrogens is 1. The molecule has 1 aromatic heterocycles. The molecule has 0 N–H and O–H groups in total. The van der Waals surface area contributed by atoms with Crippen LogP contribution in [0.2, 0.25) is 0 Å². The van der Waals surface area contributed by atoms with E-state index < -0.39 is 0 Å². The third-order valence-corrected chi connectivity index (χ3v) is 11.4. The van der Waals surface area contributed by atoms with E-state index >= 15 is 0 Å². The highest BCUT2D eigenvalue weighted by molar-refractivity contribution is 6.12. The van der Waals surface area contributed by atoms with Gasteiger partial charge >= 0.3 is 0 Å². The first-order valence-corrected chi connectivity index (χ1v) is 19.0. The fraction of sp³-hybridized carbons (Fsp3) is 0. The SMILES string of the molecule is c1ccc2cc(-c3ccc(-c4ccc5c(c4)c4cc(-c6ccc7ccccc7c6)ccc4n5-c4ccc(-c5cccc6ccccc56)cc4)cc3)ccc2c1. The summed E-state index contributed by atoms with van der Waals surface area (Å²) in [5.41, 5.74) is 13.3. The van der Waals surface area contributed by atoms with Crippen molar-refractivity contribution in [3.05, 3.63) is 212 Å². The number of hydrogen-bond donors (Lipinski definition) is 0. The molecule has 0 unspecified atom stereocenters. The second-order valence-electron chi connectivity index (χ2n) is 14.6. The molecule has 0 saturated heterocycles. The monoisotopic (exact) mass is 697 g/mol. The zero-order valence-electron chi connectivity index (χ0n) is 30.2. The van der Waals surface area contributed by atoms with Crippen molar-refractivity contribution in [1.29, 1.82) is 0 Å². The maximum atomic E-state index is 2.42. The van der Waals surface area contributed by atoms with Crippen molar-refractivity contribution in [1.82, 2.24) is 4.57 Å². The van der Waals surface area contributed by atoms with E-state index in [0.717, 1.165) is 5.69 Å². The quantitative estimate of drug-likeness (QED) is 0.169. The second kappa shape index (κ2) is 12.7. The Morgan fingerprint density at radius 3 is 1.25 bits per heavy atom. The van der Waals surface area contributed by atoms with Crippen LogP contribution in [0.15, 0.2) is 212 Å². The summed E-state index contributed by atoms with van der Waals surface area (Å²) in [7, 11) is 0. The van der Waals surface area contributed by atoms with Crippen molar-refractivity contribution in [3.63, 3.8) is 0 Å². The topological polar surface area (TPSA) is 4.93 Å². The van der Waals surface area contributed by atoms with Crippen LogP contribution in [0.4, 0.5) is 0 Å². The van der Waals surface area contributed by atoms with E-state index in [0.29, 0.717) is 0 Å². The van der Waals surface area contributed by atoms with E-state index in [-0.39, 0.29) is 0 Å². The molecule has 0 fully saturated rings. The molecule has 11 aromatic rings. The molecule has 1 heterocycles. The lowest BCUT2D eigenvalue weighted by Gasteiger charge is -2.11. The minimum Gasteiger partial charge on any atom is -0.309 e. The molecule has 11 rings (SSSR count). The van der Waals surface area contributed by atoms with Crippen LogP contribution in [0.3, 0.4) is 0 Å². The standard InChI is InChI=1S/C54H35N/c1-3-11-42-32-44(22-20-36(42)8-1)38-16-18-39(19-17-38)46-26-30-53-51(34-46)52-35-47(45-23-21-37-9-2-4-12-43(37)33-45)27-31-54(52)55(53)48-28-24-41(25-29-48)50-15-7-13-40-10-5-6-14-49(40)50/h1-35H. The van der Waals surface area contributed by atoms with Gasteiger partial charge in [0.25, 0.3) is 0 Å². The Kier molecular flexibility index (Phi) is 7.25.